The Hall–Kier alpha value is -1.78. The first-order valence-electron chi connectivity index (χ1n) is 6.64. The minimum atomic E-state index is -0.705. The zero-order valence-corrected chi connectivity index (χ0v) is 13.5. The van der Waals surface area contributed by atoms with E-state index in [4.69, 9.17) is 11.6 Å². The Morgan fingerprint density at radius 1 is 1.59 bits per heavy atom. The molecular formula is C14H14ClN3O3S. The lowest BCUT2D eigenvalue weighted by Gasteiger charge is -2.42. The first kappa shape index (κ1) is 16.6. The van der Waals surface area contributed by atoms with Gasteiger partial charge in [-0.25, -0.2) is 0 Å². The smallest absolute Gasteiger partial charge is 0.284 e. The van der Waals surface area contributed by atoms with Gasteiger partial charge in [-0.3, -0.25) is 14.9 Å². The van der Waals surface area contributed by atoms with Crippen molar-refractivity contribution in [1.82, 2.24) is 4.90 Å². The first-order valence-corrected chi connectivity index (χ1v) is 8.00. The number of hydrogen-bond donors (Lipinski definition) is 0. The topological polar surface area (TPSA) is 87.2 Å². The number of hydrogen-bond acceptors (Lipinski definition) is 5. The lowest BCUT2D eigenvalue weighted by Crippen LogP contribution is -2.53. The van der Waals surface area contributed by atoms with Crippen LogP contribution in [0.2, 0.25) is 5.02 Å². The van der Waals surface area contributed by atoms with Gasteiger partial charge in [-0.1, -0.05) is 11.6 Å². The maximum absolute atomic E-state index is 12.2. The van der Waals surface area contributed by atoms with Crippen LogP contribution < -0.4 is 0 Å². The monoisotopic (exact) mass is 339 g/mol. The highest BCUT2D eigenvalue weighted by Crippen LogP contribution is 2.37. The van der Waals surface area contributed by atoms with E-state index in [9.17, 15) is 20.2 Å². The van der Waals surface area contributed by atoms with Crippen LogP contribution in [0, 0.1) is 21.4 Å². The van der Waals surface area contributed by atoms with Crippen LogP contribution in [0.15, 0.2) is 23.1 Å². The molecule has 0 spiro atoms. The second kappa shape index (κ2) is 6.55. The quantitative estimate of drug-likeness (QED) is 0.467. The molecule has 1 aliphatic rings. The maximum Gasteiger partial charge on any atom is 0.284 e. The molecule has 22 heavy (non-hydrogen) atoms. The van der Waals surface area contributed by atoms with Gasteiger partial charge in [0.25, 0.3) is 5.69 Å². The van der Waals surface area contributed by atoms with Gasteiger partial charge in [0, 0.05) is 18.1 Å². The fraction of sp³-hybridized carbons (Fsp3) is 0.429. The van der Waals surface area contributed by atoms with Crippen LogP contribution in [-0.2, 0) is 4.79 Å². The molecule has 0 saturated heterocycles. The Morgan fingerprint density at radius 3 is 2.77 bits per heavy atom. The van der Waals surface area contributed by atoms with Crippen LogP contribution in [0.3, 0.4) is 0 Å². The Labute approximate surface area is 137 Å². The fourth-order valence-corrected chi connectivity index (χ4v) is 3.35. The number of carbonyl (C=O) groups excluding carboxylic acids is 1. The molecule has 1 saturated carbocycles. The summed E-state index contributed by atoms with van der Waals surface area (Å²) in [6.07, 6.45) is 2.29. The molecule has 0 bridgehead atoms. The minimum Gasteiger partial charge on any atom is -0.326 e. The second-order valence-electron chi connectivity index (χ2n) is 5.11. The van der Waals surface area contributed by atoms with E-state index < -0.39 is 10.5 Å². The fourth-order valence-electron chi connectivity index (χ4n) is 2.26. The summed E-state index contributed by atoms with van der Waals surface area (Å²) in [6.45, 7) is 0. The first-order chi connectivity index (χ1) is 10.4. The summed E-state index contributed by atoms with van der Waals surface area (Å²) in [4.78, 5) is 24.6. The van der Waals surface area contributed by atoms with Crippen LogP contribution in [0.1, 0.15) is 19.3 Å². The molecule has 1 aromatic rings. The number of nitro groups is 1. The van der Waals surface area contributed by atoms with E-state index in [0.29, 0.717) is 17.7 Å². The standard InChI is InChI=1S/C14H14ClN3O3S/c1-17(14(9-16)5-2-6-14)13(19)8-22-12-4-3-10(15)7-11(12)18(20)21/h3-4,7H,2,5-6,8H2,1H3. The van der Waals surface area contributed by atoms with Crippen molar-refractivity contribution in [1.29, 1.82) is 5.26 Å². The molecule has 0 unspecified atom stereocenters. The van der Waals surface area contributed by atoms with Crippen molar-refractivity contribution in [3.05, 3.63) is 33.3 Å². The summed E-state index contributed by atoms with van der Waals surface area (Å²) >= 11 is 6.83. The van der Waals surface area contributed by atoms with E-state index in [1.54, 1.807) is 13.1 Å². The highest BCUT2D eigenvalue weighted by molar-refractivity contribution is 8.00. The number of nitriles is 1. The Bertz CT molecular complexity index is 655. The molecule has 0 aliphatic heterocycles. The van der Waals surface area contributed by atoms with Crippen molar-refractivity contribution in [2.45, 2.75) is 29.7 Å². The van der Waals surface area contributed by atoms with Crippen molar-refractivity contribution in [3.8, 4) is 6.07 Å². The van der Waals surface area contributed by atoms with Crippen molar-refractivity contribution < 1.29 is 9.72 Å². The van der Waals surface area contributed by atoms with Crippen molar-refractivity contribution in [2.24, 2.45) is 0 Å². The molecular weight excluding hydrogens is 326 g/mol. The van der Waals surface area contributed by atoms with E-state index in [2.05, 4.69) is 6.07 Å². The summed E-state index contributed by atoms with van der Waals surface area (Å²) in [5, 5.41) is 20.5. The van der Waals surface area contributed by atoms with E-state index in [1.807, 2.05) is 0 Å². The van der Waals surface area contributed by atoms with Crippen LogP contribution in [0.25, 0.3) is 0 Å². The Kier molecular flexibility index (Phi) is 4.94. The van der Waals surface area contributed by atoms with E-state index in [0.717, 1.165) is 18.2 Å². The summed E-state index contributed by atoms with van der Waals surface area (Å²) < 4.78 is 0. The molecule has 8 heteroatoms. The second-order valence-corrected chi connectivity index (χ2v) is 6.56. The average Bonchev–Trinajstić information content (AvgIpc) is 2.44. The van der Waals surface area contributed by atoms with Crippen LogP contribution in [0.5, 0.6) is 0 Å². The number of thioether (sulfide) groups is 1. The number of nitro benzene ring substituents is 1. The van der Waals surface area contributed by atoms with Gasteiger partial charge >= 0.3 is 0 Å². The normalized spacial score (nSPS) is 15.5. The number of carbonyl (C=O) groups is 1. The highest BCUT2D eigenvalue weighted by Gasteiger charge is 2.43. The van der Waals surface area contributed by atoms with Gasteiger partial charge < -0.3 is 4.90 Å². The van der Waals surface area contributed by atoms with Gasteiger partial charge in [-0.2, -0.15) is 5.26 Å². The highest BCUT2D eigenvalue weighted by atomic mass is 35.5. The van der Waals surface area contributed by atoms with Crippen molar-refractivity contribution in [3.63, 3.8) is 0 Å². The molecule has 2 rings (SSSR count). The number of nitrogens with zero attached hydrogens (tertiary/aromatic N) is 3. The maximum atomic E-state index is 12.2. The molecule has 0 radical (unpaired) electrons. The van der Waals surface area contributed by atoms with Gasteiger partial charge in [-0.05, 0) is 31.4 Å². The molecule has 0 aromatic heterocycles. The molecule has 0 heterocycles. The summed E-state index contributed by atoms with van der Waals surface area (Å²) in [5.74, 6) is -0.168. The molecule has 1 aromatic carbocycles. The third-order valence-corrected chi connectivity index (χ3v) is 5.16. The van der Waals surface area contributed by atoms with E-state index in [1.165, 1.54) is 17.0 Å². The zero-order valence-electron chi connectivity index (χ0n) is 11.9. The largest absolute Gasteiger partial charge is 0.326 e. The SMILES string of the molecule is CN(C(=O)CSc1ccc(Cl)cc1[N+](=O)[O-])C1(C#N)CCC1. The molecule has 6 nitrogen and oxygen atoms in total. The van der Waals surface area contributed by atoms with E-state index in [-0.39, 0.29) is 22.4 Å². The minimum absolute atomic E-state index is 0.0440. The Balaban J connectivity index is 2.06. The molecule has 1 amide bonds. The van der Waals surface area contributed by atoms with Gasteiger partial charge in [0.2, 0.25) is 5.91 Å². The van der Waals surface area contributed by atoms with Gasteiger partial charge in [0.05, 0.1) is 21.6 Å². The predicted octanol–water partition coefficient (Wildman–Crippen LogP) is 3.24. The number of benzene rings is 1. The number of amides is 1. The lowest BCUT2D eigenvalue weighted by molar-refractivity contribution is -0.387. The Morgan fingerprint density at radius 2 is 2.27 bits per heavy atom. The van der Waals surface area contributed by atoms with E-state index >= 15 is 0 Å². The van der Waals surface area contributed by atoms with Crippen LogP contribution in [-0.4, -0.2) is 34.1 Å². The van der Waals surface area contributed by atoms with Crippen LogP contribution in [0.4, 0.5) is 5.69 Å². The zero-order chi connectivity index (χ0) is 16.3. The number of rotatable bonds is 5. The van der Waals surface area contributed by atoms with Gasteiger partial charge in [-0.15, -0.1) is 11.8 Å². The third-order valence-electron chi connectivity index (χ3n) is 3.87. The van der Waals surface area contributed by atoms with Gasteiger partial charge in [0.15, 0.2) is 0 Å². The van der Waals surface area contributed by atoms with Crippen molar-refractivity contribution in [2.75, 3.05) is 12.8 Å². The molecule has 1 aliphatic carbocycles. The lowest BCUT2D eigenvalue weighted by atomic mass is 9.77. The summed E-state index contributed by atoms with van der Waals surface area (Å²) in [6, 6.07) is 6.54. The summed E-state index contributed by atoms with van der Waals surface area (Å²) in [5.41, 5.74) is -0.824. The van der Waals surface area contributed by atoms with Crippen molar-refractivity contribution >= 4 is 35.0 Å². The van der Waals surface area contributed by atoms with Gasteiger partial charge in [0.1, 0.15) is 5.54 Å². The predicted molar refractivity (Wildman–Crippen MR) is 83.8 cm³/mol. The summed E-state index contributed by atoms with van der Waals surface area (Å²) in [7, 11) is 1.61. The average molecular weight is 340 g/mol. The molecule has 1 fully saturated rings. The molecule has 116 valence electrons. The third kappa shape index (κ3) is 3.18. The molecule has 0 N–H and O–H groups in total. The number of halogens is 1. The molecule has 0 atom stereocenters. The van der Waals surface area contributed by atoms with Crippen LogP contribution >= 0.6 is 23.4 Å².